The molecule has 1 aromatic rings. The third-order valence-corrected chi connectivity index (χ3v) is 5.59. The van der Waals surface area contributed by atoms with Crippen LogP contribution in [0.2, 0.25) is 5.02 Å². The Hall–Kier alpha value is -1.10. The first-order valence-corrected chi connectivity index (χ1v) is 9.78. The van der Waals surface area contributed by atoms with Crippen LogP contribution in [-0.4, -0.2) is 49.7 Å². The summed E-state index contributed by atoms with van der Waals surface area (Å²) in [7, 11) is 0. The number of rotatable bonds is 7. The van der Waals surface area contributed by atoms with Crippen molar-refractivity contribution in [2.45, 2.75) is 38.6 Å². The van der Waals surface area contributed by atoms with E-state index in [1.807, 2.05) is 24.3 Å². The van der Waals surface area contributed by atoms with E-state index in [0.29, 0.717) is 12.0 Å². The Bertz CT molecular complexity index is 587. The zero-order valence-electron chi connectivity index (χ0n) is 15.2. The van der Waals surface area contributed by atoms with Gasteiger partial charge in [-0.05, 0) is 36.3 Å². The van der Waals surface area contributed by atoms with Gasteiger partial charge < -0.3 is 10.1 Å². The molecule has 1 aliphatic carbocycles. The molecular weight excluding hydrogens is 336 g/mol. The van der Waals surface area contributed by atoms with Crippen LogP contribution in [0.25, 0.3) is 0 Å². The smallest absolute Gasteiger partial charge is 0.223 e. The van der Waals surface area contributed by atoms with Crippen molar-refractivity contribution in [1.82, 2.24) is 10.2 Å². The first-order chi connectivity index (χ1) is 12.1. The minimum Gasteiger partial charge on any atom is -0.379 e. The van der Waals surface area contributed by atoms with Gasteiger partial charge in [-0.2, -0.15) is 0 Å². The van der Waals surface area contributed by atoms with Crippen molar-refractivity contribution in [1.29, 1.82) is 0 Å². The van der Waals surface area contributed by atoms with E-state index >= 15 is 0 Å². The quantitative estimate of drug-likeness (QED) is 0.807. The first kappa shape index (κ1) is 18.7. The standard InChI is InChI=1S/C20H29ClN2O2/c1-14(2)11-15(23-7-9-25-10-8-23)13-22-20(24)18-12-17(18)16-5-3-4-6-19(16)21/h3-6,14-15,17-18H,7-13H2,1-2H3,(H,22,24). The maximum Gasteiger partial charge on any atom is 0.223 e. The van der Waals surface area contributed by atoms with Crippen LogP contribution in [0.4, 0.5) is 0 Å². The largest absolute Gasteiger partial charge is 0.379 e. The Morgan fingerprint density at radius 1 is 1.32 bits per heavy atom. The summed E-state index contributed by atoms with van der Waals surface area (Å²) in [6.07, 6.45) is 2.00. The molecule has 1 aromatic carbocycles. The molecule has 4 nitrogen and oxygen atoms in total. The van der Waals surface area contributed by atoms with Crippen LogP contribution in [-0.2, 0) is 9.53 Å². The fourth-order valence-corrected chi connectivity index (χ4v) is 4.08. The van der Waals surface area contributed by atoms with E-state index in [9.17, 15) is 4.79 Å². The number of morpholine rings is 1. The molecule has 1 saturated heterocycles. The highest BCUT2D eigenvalue weighted by atomic mass is 35.5. The second-order valence-electron chi connectivity index (χ2n) is 7.65. The molecule has 3 rings (SSSR count). The van der Waals surface area contributed by atoms with Crippen molar-refractivity contribution in [3.63, 3.8) is 0 Å². The monoisotopic (exact) mass is 364 g/mol. The normalized spacial score (nSPS) is 25.0. The predicted octanol–water partition coefficient (Wildman–Crippen LogP) is 3.31. The lowest BCUT2D eigenvalue weighted by molar-refractivity contribution is -0.122. The lowest BCUT2D eigenvalue weighted by atomic mass is 10.0. The van der Waals surface area contributed by atoms with E-state index in [4.69, 9.17) is 16.3 Å². The zero-order valence-corrected chi connectivity index (χ0v) is 16.0. The second kappa shape index (κ2) is 8.52. The van der Waals surface area contributed by atoms with Crippen LogP contribution >= 0.6 is 11.6 Å². The number of ether oxygens (including phenoxy) is 1. The van der Waals surface area contributed by atoms with E-state index in [1.54, 1.807) is 0 Å². The molecule has 1 aliphatic heterocycles. The number of hydrogen-bond donors (Lipinski definition) is 1. The van der Waals surface area contributed by atoms with Crippen LogP contribution in [0.1, 0.15) is 38.2 Å². The molecule has 0 radical (unpaired) electrons. The molecule has 2 fully saturated rings. The molecule has 5 heteroatoms. The number of amides is 1. The van der Waals surface area contributed by atoms with Crippen molar-refractivity contribution in [3.8, 4) is 0 Å². The lowest BCUT2D eigenvalue weighted by Gasteiger charge is -2.35. The van der Waals surface area contributed by atoms with Crippen molar-refractivity contribution in [2.75, 3.05) is 32.8 Å². The summed E-state index contributed by atoms with van der Waals surface area (Å²) < 4.78 is 5.46. The summed E-state index contributed by atoms with van der Waals surface area (Å²) in [6.45, 7) is 8.70. The summed E-state index contributed by atoms with van der Waals surface area (Å²) in [4.78, 5) is 15.0. The fraction of sp³-hybridized carbons (Fsp3) is 0.650. The number of carbonyl (C=O) groups is 1. The molecule has 1 heterocycles. The highest BCUT2D eigenvalue weighted by molar-refractivity contribution is 6.31. The first-order valence-electron chi connectivity index (χ1n) is 9.40. The maximum atomic E-state index is 12.6. The van der Waals surface area contributed by atoms with E-state index in [1.165, 1.54) is 0 Å². The fourth-order valence-electron chi connectivity index (χ4n) is 3.80. The number of benzene rings is 1. The van der Waals surface area contributed by atoms with E-state index < -0.39 is 0 Å². The van der Waals surface area contributed by atoms with Crippen molar-refractivity contribution < 1.29 is 9.53 Å². The molecule has 2 aliphatic rings. The Morgan fingerprint density at radius 2 is 2.04 bits per heavy atom. The average Bonchev–Trinajstić information content (AvgIpc) is 3.40. The summed E-state index contributed by atoms with van der Waals surface area (Å²) in [6, 6.07) is 8.26. The lowest BCUT2D eigenvalue weighted by Crippen LogP contribution is -2.49. The minimum absolute atomic E-state index is 0.0734. The van der Waals surface area contributed by atoms with Crippen LogP contribution < -0.4 is 5.32 Å². The Kier molecular flexibility index (Phi) is 6.37. The van der Waals surface area contributed by atoms with Gasteiger partial charge >= 0.3 is 0 Å². The molecule has 1 amide bonds. The highest BCUT2D eigenvalue weighted by Crippen LogP contribution is 2.49. The van der Waals surface area contributed by atoms with Crippen molar-refractivity contribution in [2.24, 2.45) is 11.8 Å². The van der Waals surface area contributed by atoms with Crippen LogP contribution in [0, 0.1) is 11.8 Å². The molecule has 0 bridgehead atoms. The van der Waals surface area contributed by atoms with Gasteiger partial charge in [0.25, 0.3) is 0 Å². The summed E-state index contributed by atoms with van der Waals surface area (Å²) in [5, 5.41) is 3.97. The number of halogens is 1. The van der Waals surface area contributed by atoms with Gasteiger partial charge in [-0.15, -0.1) is 0 Å². The topological polar surface area (TPSA) is 41.6 Å². The molecule has 0 aromatic heterocycles. The third kappa shape index (κ3) is 4.96. The third-order valence-electron chi connectivity index (χ3n) is 5.25. The highest BCUT2D eigenvalue weighted by Gasteiger charge is 2.44. The molecule has 138 valence electrons. The van der Waals surface area contributed by atoms with Crippen LogP contribution in [0.15, 0.2) is 24.3 Å². The van der Waals surface area contributed by atoms with Gasteiger partial charge in [-0.1, -0.05) is 43.6 Å². The number of nitrogens with one attached hydrogen (secondary N) is 1. The SMILES string of the molecule is CC(C)CC(CNC(=O)C1CC1c1ccccc1Cl)N1CCOCC1. The van der Waals surface area contributed by atoms with E-state index in [2.05, 4.69) is 24.1 Å². The summed E-state index contributed by atoms with van der Waals surface area (Å²) in [5.74, 6) is 1.14. The Labute approximate surface area is 155 Å². The van der Waals surface area contributed by atoms with Gasteiger partial charge in [0.15, 0.2) is 0 Å². The van der Waals surface area contributed by atoms with Crippen LogP contribution in [0.3, 0.4) is 0 Å². The Balaban J connectivity index is 1.52. The number of carbonyl (C=O) groups excluding carboxylic acids is 1. The zero-order chi connectivity index (χ0) is 17.8. The molecule has 0 spiro atoms. The van der Waals surface area contributed by atoms with Gasteiger partial charge in [-0.25, -0.2) is 0 Å². The van der Waals surface area contributed by atoms with Crippen molar-refractivity contribution in [3.05, 3.63) is 34.9 Å². The molecule has 25 heavy (non-hydrogen) atoms. The number of hydrogen-bond acceptors (Lipinski definition) is 3. The molecule has 3 atom stereocenters. The van der Waals surface area contributed by atoms with Gasteiger partial charge in [-0.3, -0.25) is 9.69 Å². The predicted molar refractivity (Wildman–Crippen MR) is 101 cm³/mol. The molecule has 3 unspecified atom stereocenters. The van der Waals surface area contributed by atoms with Gasteiger partial charge in [0.05, 0.1) is 13.2 Å². The summed E-state index contributed by atoms with van der Waals surface area (Å²) >= 11 is 6.27. The van der Waals surface area contributed by atoms with Gasteiger partial charge in [0, 0.05) is 36.6 Å². The van der Waals surface area contributed by atoms with E-state index in [0.717, 1.165) is 56.3 Å². The summed E-state index contributed by atoms with van der Waals surface area (Å²) in [5.41, 5.74) is 1.11. The van der Waals surface area contributed by atoms with E-state index in [-0.39, 0.29) is 17.7 Å². The number of nitrogens with zero attached hydrogens (tertiary/aromatic N) is 1. The minimum atomic E-state index is 0.0734. The van der Waals surface area contributed by atoms with Crippen LogP contribution in [0.5, 0.6) is 0 Å². The van der Waals surface area contributed by atoms with Crippen molar-refractivity contribution >= 4 is 17.5 Å². The Morgan fingerprint density at radius 3 is 2.72 bits per heavy atom. The van der Waals surface area contributed by atoms with Gasteiger partial charge in [0.2, 0.25) is 5.91 Å². The second-order valence-corrected chi connectivity index (χ2v) is 8.05. The molecule has 1 N–H and O–H groups in total. The molecular formula is C20H29ClN2O2. The maximum absolute atomic E-state index is 12.6. The average molecular weight is 365 g/mol. The molecule has 1 saturated carbocycles. The van der Waals surface area contributed by atoms with Gasteiger partial charge in [0.1, 0.15) is 0 Å².